The maximum Gasteiger partial charge on any atom is 0.262 e. The van der Waals surface area contributed by atoms with Gasteiger partial charge in [0.05, 0.1) is 35.7 Å². The van der Waals surface area contributed by atoms with Gasteiger partial charge in [-0.25, -0.2) is 0 Å². The summed E-state index contributed by atoms with van der Waals surface area (Å²) in [4.78, 5) is 42.7. The van der Waals surface area contributed by atoms with E-state index in [0.717, 1.165) is 23.7 Å². The number of benzene rings is 2. The number of amides is 3. The van der Waals surface area contributed by atoms with Crippen LogP contribution in [0.4, 0.5) is 11.4 Å². The highest BCUT2D eigenvalue weighted by molar-refractivity contribution is 6.23. The Labute approximate surface area is 182 Å². The quantitative estimate of drug-likeness (QED) is 0.725. The maximum absolute atomic E-state index is 13.4. The van der Waals surface area contributed by atoms with Crippen molar-refractivity contribution in [3.8, 4) is 0 Å². The zero-order valence-electron chi connectivity index (χ0n) is 17.8. The molecule has 4 rings (SSSR count). The minimum Gasteiger partial charge on any atom is -0.378 e. The van der Waals surface area contributed by atoms with Crippen molar-refractivity contribution in [1.29, 1.82) is 0 Å². The van der Waals surface area contributed by atoms with Gasteiger partial charge in [0.1, 0.15) is 6.04 Å². The molecule has 7 heteroatoms. The fourth-order valence-corrected chi connectivity index (χ4v) is 4.14. The SMILES string of the molecule is CC(C)C[C@@H](C(=O)Nc1ccccc1N1CCOCC1)N1C(=O)c2ccccc2C1=O. The molecule has 0 aromatic heterocycles. The standard InChI is InChI=1S/C24H27N3O4/c1-16(2)15-21(27-23(29)17-7-3-4-8-18(17)24(27)30)22(28)25-19-9-5-6-10-20(19)26-11-13-31-14-12-26/h3-10,16,21H,11-15H2,1-2H3,(H,25,28)/t21-/m0/s1. The molecular formula is C24H27N3O4. The summed E-state index contributed by atoms with van der Waals surface area (Å²) in [5, 5.41) is 2.99. The Hall–Kier alpha value is -3.19. The number of ether oxygens (including phenoxy) is 1. The summed E-state index contributed by atoms with van der Waals surface area (Å²) >= 11 is 0. The van der Waals surface area contributed by atoms with Gasteiger partial charge in [-0.3, -0.25) is 19.3 Å². The first-order valence-corrected chi connectivity index (χ1v) is 10.7. The molecule has 0 aliphatic carbocycles. The Bertz CT molecular complexity index is 963. The predicted molar refractivity (Wildman–Crippen MR) is 118 cm³/mol. The van der Waals surface area contributed by atoms with E-state index in [1.807, 2.05) is 38.1 Å². The Balaban J connectivity index is 1.61. The number of anilines is 2. The second kappa shape index (κ2) is 8.89. The molecule has 1 N–H and O–H groups in total. The lowest BCUT2D eigenvalue weighted by Gasteiger charge is -2.31. The molecule has 7 nitrogen and oxygen atoms in total. The van der Waals surface area contributed by atoms with E-state index < -0.39 is 17.9 Å². The third kappa shape index (κ3) is 4.18. The van der Waals surface area contributed by atoms with E-state index in [9.17, 15) is 14.4 Å². The van der Waals surface area contributed by atoms with Crippen LogP contribution in [0.3, 0.4) is 0 Å². The van der Waals surface area contributed by atoms with Gasteiger partial charge in [-0.05, 0) is 36.6 Å². The fraction of sp³-hybridized carbons (Fsp3) is 0.375. The van der Waals surface area contributed by atoms with Gasteiger partial charge < -0.3 is 15.0 Å². The van der Waals surface area contributed by atoms with Crippen LogP contribution in [0.25, 0.3) is 0 Å². The number of carbonyl (C=O) groups is 3. The molecule has 0 radical (unpaired) electrons. The molecule has 2 heterocycles. The molecule has 31 heavy (non-hydrogen) atoms. The van der Waals surface area contributed by atoms with Crippen LogP contribution in [0.5, 0.6) is 0 Å². The van der Waals surface area contributed by atoms with E-state index in [1.165, 1.54) is 0 Å². The summed E-state index contributed by atoms with van der Waals surface area (Å²) in [6, 6.07) is 13.4. The normalized spacial score (nSPS) is 17.1. The lowest BCUT2D eigenvalue weighted by Crippen LogP contribution is -2.48. The summed E-state index contributed by atoms with van der Waals surface area (Å²) in [6.45, 7) is 6.68. The summed E-state index contributed by atoms with van der Waals surface area (Å²) in [5.41, 5.74) is 2.27. The van der Waals surface area contributed by atoms with Crippen LogP contribution in [0.1, 0.15) is 41.0 Å². The lowest BCUT2D eigenvalue weighted by molar-refractivity contribution is -0.120. The molecule has 2 aliphatic rings. The molecule has 2 aromatic rings. The van der Waals surface area contributed by atoms with Crippen LogP contribution in [0.15, 0.2) is 48.5 Å². The van der Waals surface area contributed by atoms with Crippen molar-refractivity contribution in [2.75, 3.05) is 36.5 Å². The Kier molecular flexibility index (Phi) is 6.04. The number of rotatable bonds is 6. The van der Waals surface area contributed by atoms with Crippen LogP contribution in [-0.4, -0.2) is 55.0 Å². The first-order chi connectivity index (χ1) is 15.0. The minimum absolute atomic E-state index is 0.120. The van der Waals surface area contributed by atoms with E-state index in [0.29, 0.717) is 36.4 Å². The highest BCUT2D eigenvalue weighted by Gasteiger charge is 2.42. The van der Waals surface area contributed by atoms with Crippen molar-refractivity contribution in [2.45, 2.75) is 26.3 Å². The number of fused-ring (bicyclic) bond motifs is 1. The summed E-state index contributed by atoms with van der Waals surface area (Å²) in [7, 11) is 0. The van der Waals surface area contributed by atoms with Crippen LogP contribution in [0, 0.1) is 5.92 Å². The van der Waals surface area contributed by atoms with Gasteiger partial charge in [0.2, 0.25) is 5.91 Å². The summed E-state index contributed by atoms with van der Waals surface area (Å²) in [5.74, 6) is -1.07. The van der Waals surface area contributed by atoms with Crippen molar-refractivity contribution >= 4 is 29.1 Å². The largest absolute Gasteiger partial charge is 0.378 e. The van der Waals surface area contributed by atoms with Gasteiger partial charge >= 0.3 is 0 Å². The lowest BCUT2D eigenvalue weighted by atomic mass is 10.0. The average Bonchev–Trinajstić information content (AvgIpc) is 3.03. The Morgan fingerprint density at radius 2 is 1.55 bits per heavy atom. The first-order valence-electron chi connectivity index (χ1n) is 10.7. The van der Waals surface area contributed by atoms with E-state index in [4.69, 9.17) is 4.74 Å². The van der Waals surface area contributed by atoms with Gasteiger partial charge in [-0.1, -0.05) is 38.1 Å². The topological polar surface area (TPSA) is 79.0 Å². The molecule has 162 valence electrons. The molecule has 3 amide bonds. The van der Waals surface area contributed by atoms with Crippen LogP contribution in [0.2, 0.25) is 0 Å². The number of morpholine rings is 1. The number of para-hydroxylation sites is 2. The first kappa shape index (κ1) is 21.1. The van der Waals surface area contributed by atoms with E-state index in [1.54, 1.807) is 24.3 Å². The maximum atomic E-state index is 13.4. The predicted octanol–water partition coefficient (Wildman–Crippen LogP) is 3.17. The molecule has 1 fully saturated rings. The average molecular weight is 421 g/mol. The number of carbonyl (C=O) groups excluding carboxylic acids is 3. The Morgan fingerprint density at radius 1 is 0.968 bits per heavy atom. The van der Waals surface area contributed by atoms with E-state index >= 15 is 0 Å². The zero-order chi connectivity index (χ0) is 22.0. The van der Waals surface area contributed by atoms with E-state index in [-0.39, 0.29) is 11.8 Å². The zero-order valence-corrected chi connectivity index (χ0v) is 17.8. The molecular weight excluding hydrogens is 394 g/mol. The van der Waals surface area contributed by atoms with Crippen LogP contribution in [-0.2, 0) is 9.53 Å². The molecule has 1 saturated heterocycles. The van der Waals surface area contributed by atoms with Gasteiger partial charge in [0.15, 0.2) is 0 Å². The molecule has 0 unspecified atom stereocenters. The molecule has 0 saturated carbocycles. The minimum atomic E-state index is -0.884. The molecule has 1 atom stereocenters. The van der Waals surface area contributed by atoms with Gasteiger partial charge in [-0.2, -0.15) is 0 Å². The molecule has 0 bridgehead atoms. The number of imide groups is 1. The number of hydrogen-bond acceptors (Lipinski definition) is 5. The van der Waals surface area contributed by atoms with Crippen LogP contribution < -0.4 is 10.2 Å². The number of hydrogen-bond donors (Lipinski definition) is 1. The van der Waals surface area contributed by atoms with Gasteiger partial charge in [0, 0.05) is 13.1 Å². The van der Waals surface area contributed by atoms with Crippen molar-refractivity contribution < 1.29 is 19.1 Å². The highest BCUT2D eigenvalue weighted by Crippen LogP contribution is 2.30. The smallest absolute Gasteiger partial charge is 0.262 e. The monoisotopic (exact) mass is 421 g/mol. The fourth-order valence-electron chi connectivity index (χ4n) is 4.14. The molecule has 0 spiro atoms. The van der Waals surface area contributed by atoms with Gasteiger partial charge in [-0.15, -0.1) is 0 Å². The van der Waals surface area contributed by atoms with Gasteiger partial charge in [0.25, 0.3) is 11.8 Å². The number of nitrogens with one attached hydrogen (secondary N) is 1. The highest BCUT2D eigenvalue weighted by atomic mass is 16.5. The summed E-state index contributed by atoms with van der Waals surface area (Å²) in [6.07, 6.45) is 0.386. The van der Waals surface area contributed by atoms with Crippen molar-refractivity contribution in [2.24, 2.45) is 5.92 Å². The Morgan fingerprint density at radius 3 is 2.16 bits per heavy atom. The summed E-state index contributed by atoms with van der Waals surface area (Å²) < 4.78 is 5.44. The molecule has 2 aliphatic heterocycles. The van der Waals surface area contributed by atoms with E-state index in [2.05, 4.69) is 10.2 Å². The van der Waals surface area contributed by atoms with Crippen molar-refractivity contribution in [3.63, 3.8) is 0 Å². The third-order valence-corrected chi connectivity index (χ3v) is 5.65. The second-order valence-electron chi connectivity index (χ2n) is 8.28. The third-order valence-electron chi connectivity index (χ3n) is 5.65. The van der Waals surface area contributed by atoms with Crippen molar-refractivity contribution in [3.05, 3.63) is 59.7 Å². The second-order valence-corrected chi connectivity index (χ2v) is 8.28. The van der Waals surface area contributed by atoms with Crippen LogP contribution >= 0.6 is 0 Å². The molecule has 2 aromatic carbocycles. The van der Waals surface area contributed by atoms with Crippen molar-refractivity contribution in [1.82, 2.24) is 4.90 Å². The number of nitrogens with zero attached hydrogens (tertiary/aromatic N) is 2.